The normalized spacial score (nSPS) is 8.92. The summed E-state index contributed by atoms with van der Waals surface area (Å²) in [5.41, 5.74) is 0. The second-order valence-corrected chi connectivity index (χ2v) is 2.56. The van der Waals surface area contributed by atoms with Gasteiger partial charge < -0.3 is 14.7 Å². The van der Waals surface area contributed by atoms with E-state index >= 15 is 0 Å². The minimum absolute atomic E-state index is 0. The van der Waals surface area contributed by atoms with Crippen LogP contribution in [0.25, 0.3) is 0 Å². The van der Waals surface area contributed by atoms with Crippen LogP contribution in [0, 0.1) is 0 Å². The van der Waals surface area contributed by atoms with Crippen molar-refractivity contribution in [3.05, 3.63) is 30.6 Å². The van der Waals surface area contributed by atoms with Gasteiger partial charge >= 0.3 is 26.7 Å². The zero-order valence-electron chi connectivity index (χ0n) is 5.53. The first kappa shape index (κ1) is 14.4. The molecule has 0 fully saturated rings. The van der Waals surface area contributed by atoms with Crippen molar-refractivity contribution >= 4 is 26.7 Å². The van der Waals surface area contributed by atoms with Crippen molar-refractivity contribution in [3.63, 3.8) is 0 Å². The molecule has 1 aromatic heterocycles. The van der Waals surface area contributed by atoms with E-state index in [1.807, 2.05) is 18.2 Å². The van der Waals surface area contributed by atoms with E-state index in [1.54, 1.807) is 12.4 Å². The van der Waals surface area contributed by atoms with Gasteiger partial charge in [-0.15, -0.1) is 0 Å². The van der Waals surface area contributed by atoms with Gasteiger partial charge in [-0.3, -0.25) is 4.98 Å². The van der Waals surface area contributed by atoms with E-state index < -0.39 is 7.82 Å². The smallest absolute Gasteiger partial charge is 0.0267 e. The second kappa shape index (κ2) is 7.50. The van der Waals surface area contributed by atoms with Gasteiger partial charge in [0.15, 0.2) is 0 Å². The third-order valence-corrected chi connectivity index (χ3v) is 0.566. The van der Waals surface area contributed by atoms with E-state index in [-0.39, 0.29) is 18.9 Å². The van der Waals surface area contributed by atoms with Crippen LogP contribution in [0.15, 0.2) is 30.6 Å². The van der Waals surface area contributed by atoms with Crippen molar-refractivity contribution < 1.29 is 19.2 Å². The molecule has 0 aromatic carbocycles. The van der Waals surface area contributed by atoms with Crippen LogP contribution in [-0.4, -0.2) is 38.5 Å². The summed E-state index contributed by atoms with van der Waals surface area (Å²) in [4.78, 5) is 25.3. The molecule has 0 atom stereocenters. The largest absolute Gasteiger partial charge is 0.265 e. The summed E-state index contributed by atoms with van der Waals surface area (Å²) in [7, 11) is -4.64. The quantitative estimate of drug-likeness (QED) is 0.374. The van der Waals surface area contributed by atoms with Gasteiger partial charge in [0, 0.05) is 12.4 Å². The number of hydrogen-bond acceptors (Lipinski definition) is 2. The number of hydrogen-bond donors (Lipinski definition) is 3. The van der Waals surface area contributed by atoms with Crippen LogP contribution in [0.3, 0.4) is 0 Å². The molecule has 3 N–H and O–H groups in total. The molecular weight excluding hydrogens is 176 g/mol. The third kappa shape index (κ3) is 22.5. The Balaban J connectivity index is 0. The summed E-state index contributed by atoms with van der Waals surface area (Å²) in [6, 6.07) is 5.72. The molecule has 1 heterocycles. The molecule has 0 radical (unpaired) electrons. The zero-order valence-corrected chi connectivity index (χ0v) is 6.43. The van der Waals surface area contributed by atoms with E-state index in [4.69, 9.17) is 19.2 Å². The summed E-state index contributed by atoms with van der Waals surface area (Å²) in [6.45, 7) is 0. The van der Waals surface area contributed by atoms with Crippen molar-refractivity contribution in [2.75, 3.05) is 0 Å². The van der Waals surface area contributed by atoms with Crippen LogP contribution in [-0.2, 0) is 4.57 Å². The van der Waals surface area contributed by atoms with Gasteiger partial charge in [0.05, 0.1) is 0 Å². The van der Waals surface area contributed by atoms with E-state index in [1.165, 1.54) is 0 Å². The Morgan fingerprint density at radius 3 is 1.42 bits per heavy atom. The SMILES string of the molecule is O=P(O)(O)O.[LiH].c1ccncc1. The molecule has 0 spiro atoms. The molecule has 1 rings (SSSR count). The summed E-state index contributed by atoms with van der Waals surface area (Å²) < 4.78 is 8.88. The monoisotopic (exact) mass is 185 g/mol. The van der Waals surface area contributed by atoms with Crippen LogP contribution in [0.2, 0.25) is 0 Å². The molecule has 0 aliphatic carbocycles. The van der Waals surface area contributed by atoms with Crippen molar-refractivity contribution in [2.24, 2.45) is 0 Å². The average molecular weight is 185 g/mol. The predicted molar refractivity (Wildman–Crippen MR) is 45.6 cm³/mol. The topological polar surface area (TPSA) is 90.7 Å². The minimum atomic E-state index is -4.64. The van der Waals surface area contributed by atoms with Gasteiger partial charge in [-0.25, -0.2) is 4.57 Å². The Hall–Kier alpha value is -0.143. The van der Waals surface area contributed by atoms with E-state index in [0.29, 0.717) is 0 Å². The second-order valence-electron chi connectivity index (χ2n) is 1.54. The minimum Gasteiger partial charge on any atom is -0.265 e. The maximum atomic E-state index is 8.88. The fourth-order valence-corrected chi connectivity index (χ4v) is 0.313. The van der Waals surface area contributed by atoms with Crippen LogP contribution in [0.4, 0.5) is 0 Å². The van der Waals surface area contributed by atoms with Crippen LogP contribution in [0.1, 0.15) is 0 Å². The summed E-state index contributed by atoms with van der Waals surface area (Å²) >= 11 is 0. The molecule has 0 aliphatic rings. The van der Waals surface area contributed by atoms with Gasteiger partial charge in [0.1, 0.15) is 0 Å². The summed E-state index contributed by atoms with van der Waals surface area (Å²) in [6.07, 6.45) is 3.50. The predicted octanol–water partition coefficient (Wildman–Crippen LogP) is -0.496. The van der Waals surface area contributed by atoms with Gasteiger partial charge in [-0.1, -0.05) is 6.07 Å². The molecule has 0 saturated carbocycles. The summed E-state index contributed by atoms with van der Waals surface area (Å²) in [5.74, 6) is 0. The first-order valence-electron chi connectivity index (χ1n) is 2.63. The number of aromatic nitrogens is 1. The van der Waals surface area contributed by atoms with Gasteiger partial charge in [0.2, 0.25) is 0 Å². The number of pyridine rings is 1. The molecule has 12 heavy (non-hydrogen) atoms. The number of phosphoric acid groups is 1. The van der Waals surface area contributed by atoms with Gasteiger partial charge in [-0.05, 0) is 12.1 Å². The van der Waals surface area contributed by atoms with Gasteiger partial charge in [-0.2, -0.15) is 0 Å². The Labute approximate surface area is 81.9 Å². The first-order chi connectivity index (χ1) is 5.00. The number of nitrogens with zero attached hydrogens (tertiary/aromatic N) is 1. The van der Waals surface area contributed by atoms with E-state index in [2.05, 4.69) is 4.98 Å². The Kier molecular flexibility index (Phi) is 9.00. The van der Waals surface area contributed by atoms with Crippen molar-refractivity contribution in [3.8, 4) is 0 Å². The van der Waals surface area contributed by atoms with Crippen molar-refractivity contribution in [2.45, 2.75) is 0 Å². The zero-order chi connectivity index (χ0) is 8.74. The molecule has 5 nitrogen and oxygen atoms in total. The Bertz CT molecular complexity index is 191. The van der Waals surface area contributed by atoms with Crippen LogP contribution < -0.4 is 0 Å². The summed E-state index contributed by atoms with van der Waals surface area (Å²) in [5, 5.41) is 0. The van der Waals surface area contributed by atoms with Crippen LogP contribution >= 0.6 is 7.82 Å². The maximum Gasteiger partial charge on any atom is 0.0267 e. The maximum absolute atomic E-state index is 8.88. The Morgan fingerprint density at radius 1 is 1.00 bits per heavy atom. The molecule has 1 aromatic rings. The fourth-order valence-electron chi connectivity index (χ4n) is 0.313. The van der Waals surface area contributed by atoms with Crippen LogP contribution in [0.5, 0.6) is 0 Å². The van der Waals surface area contributed by atoms with E-state index in [0.717, 1.165) is 0 Å². The molecule has 0 saturated heterocycles. The molecular formula is C5H9LiNO4P. The average Bonchev–Trinajstić information content (AvgIpc) is 1.88. The molecule has 0 amide bonds. The molecule has 7 heteroatoms. The molecule has 0 bridgehead atoms. The first-order valence-corrected chi connectivity index (χ1v) is 4.20. The third-order valence-electron chi connectivity index (χ3n) is 0.566. The molecule has 0 aliphatic heterocycles. The Morgan fingerprint density at radius 2 is 1.33 bits per heavy atom. The molecule has 0 unspecified atom stereocenters. The van der Waals surface area contributed by atoms with Crippen molar-refractivity contribution in [1.82, 2.24) is 4.98 Å². The fraction of sp³-hybridized carbons (Fsp3) is 0. The van der Waals surface area contributed by atoms with Crippen molar-refractivity contribution in [1.29, 1.82) is 0 Å². The van der Waals surface area contributed by atoms with E-state index in [9.17, 15) is 0 Å². The molecule has 64 valence electrons. The standard InChI is InChI=1S/C5H5N.Li.H3O4P.H/c1-2-4-6-5-3-1;;1-5(2,3)4;/h1-5H;;(H3,1,2,3,4);. The van der Waals surface area contributed by atoms with Gasteiger partial charge in [0.25, 0.3) is 0 Å². The number of rotatable bonds is 0.